The smallest absolute Gasteiger partial charge is 0.0751 e. The van der Waals surface area contributed by atoms with Gasteiger partial charge in [0.1, 0.15) is 0 Å². The molecule has 0 fully saturated rings. The van der Waals surface area contributed by atoms with E-state index in [0.717, 1.165) is 16.6 Å². The van der Waals surface area contributed by atoms with E-state index in [9.17, 15) is 0 Å². The zero-order chi connectivity index (χ0) is 13.9. The second-order valence-electron chi connectivity index (χ2n) is 4.88. The Morgan fingerprint density at radius 3 is 2.60 bits per heavy atom. The van der Waals surface area contributed by atoms with E-state index in [2.05, 4.69) is 52.5 Å². The number of hydrogen-bond donors (Lipinski definition) is 1. The van der Waals surface area contributed by atoms with Crippen LogP contribution in [0.5, 0.6) is 0 Å². The number of rotatable bonds is 3. The van der Waals surface area contributed by atoms with Gasteiger partial charge < -0.3 is 5.32 Å². The third-order valence-electron chi connectivity index (χ3n) is 3.57. The van der Waals surface area contributed by atoms with E-state index in [-0.39, 0.29) is 6.04 Å². The zero-order valence-corrected chi connectivity index (χ0v) is 11.7. The van der Waals surface area contributed by atoms with Gasteiger partial charge in [0.05, 0.1) is 17.3 Å². The number of nitrogens with one attached hydrogen (secondary N) is 1. The molecule has 0 bridgehead atoms. The molecule has 2 aromatic heterocycles. The fourth-order valence-electron chi connectivity index (χ4n) is 2.54. The van der Waals surface area contributed by atoms with Crippen LogP contribution in [-0.2, 0) is 0 Å². The molecule has 0 aliphatic heterocycles. The van der Waals surface area contributed by atoms with Crippen LogP contribution in [0.1, 0.15) is 22.9 Å². The Bertz CT molecular complexity index is 737. The van der Waals surface area contributed by atoms with Crippen LogP contribution >= 0.6 is 0 Å². The number of aryl methyl sites for hydroxylation is 1. The van der Waals surface area contributed by atoms with E-state index in [4.69, 9.17) is 0 Å². The van der Waals surface area contributed by atoms with Gasteiger partial charge in [0.15, 0.2) is 0 Å². The molecule has 0 radical (unpaired) electrons. The molecule has 3 heteroatoms. The SMILES string of the molecule is CNC(c1ccc2ncccc2c1)c1ncccc1C. The molecule has 3 nitrogen and oxygen atoms in total. The average Bonchev–Trinajstić information content (AvgIpc) is 2.50. The molecule has 1 N–H and O–H groups in total. The minimum atomic E-state index is 0.0980. The minimum absolute atomic E-state index is 0.0980. The van der Waals surface area contributed by atoms with Gasteiger partial charge in [0.2, 0.25) is 0 Å². The van der Waals surface area contributed by atoms with Gasteiger partial charge in [-0.25, -0.2) is 0 Å². The van der Waals surface area contributed by atoms with Crippen molar-refractivity contribution in [1.82, 2.24) is 15.3 Å². The number of fused-ring (bicyclic) bond motifs is 1. The highest BCUT2D eigenvalue weighted by Gasteiger charge is 2.15. The highest BCUT2D eigenvalue weighted by molar-refractivity contribution is 5.79. The van der Waals surface area contributed by atoms with Crippen molar-refractivity contribution in [3.05, 3.63) is 71.7 Å². The molecule has 1 atom stereocenters. The van der Waals surface area contributed by atoms with Crippen LogP contribution in [0, 0.1) is 6.92 Å². The molecule has 1 unspecified atom stereocenters. The topological polar surface area (TPSA) is 37.8 Å². The molecule has 0 aliphatic rings. The predicted molar refractivity (Wildman–Crippen MR) is 81.6 cm³/mol. The largest absolute Gasteiger partial charge is 0.308 e. The van der Waals surface area contributed by atoms with Crippen LogP contribution in [-0.4, -0.2) is 17.0 Å². The first-order chi connectivity index (χ1) is 9.79. The highest BCUT2D eigenvalue weighted by atomic mass is 14.9. The van der Waals surface area contributed by atoms with Crippen LogP contribution in [0.25, 0.3) is 10.9 Å². The van der Waals surface area contributed by atoms with E-state index in [1.807, 2.05) is 31.6 Å². The van der Waals surface area contributed by atoms with E-state index < -0.39 is 0 Å². The van der Waals surface area contributed by atoms with Crippen molar-refractivity contribution in [2.45, 2.75) is 13.0 Å². The number of hydrogen-bond acceptors (Lipinski definition) is 3. The Kier molecular flexibility index (Phi) is 3.44. The minimum Gasteiger partial charge on any atom is -0.308 e. The molecule has 100 valence electrons. The number of aromatic nitrogens is 2. The molecule has 20 heavy (non-hydrogen) atoms. The van der Waals surface area contributed by atoms with Crippen molar-refractivity contribution in [2.75, 3.05) is 7.05 Å². The lowest BCUT2D eigenvalue weighted by atomic mass is 9.98. The maximum atomic E-state index is 4.53. The lowest BCUT2D eigenvalue weighted by Crippen LogP contribution is -2.19. The summed E-state index contributed by atoms with van der Waals surface area (Å²) in [7, 11) is 1.96. The molecule has 0 aliphatic carbocycles. The van der Waals surface area contributed by atoms with Crippen LogP contribution in [0.3, 0.4) is 0 Å². The Morgan fingerprint density at radius 2 is 1.80 bits per heavy atom. The summed E-state index contributed by atoms with van der Waals surface area (Å²) in [4.78, 5) is 8.89. The fourth-order valence-corrected chi connectivity index (χ4v) is 2.54. The Hall–Kier alpha value is -2.26. The lowest BCUT2D eigenvalue weighted by Gasteiger charge is -2.18. The van der Waals surface area contributed by atoms with Crippen molar-refractivity contribution < 1.29 is 0 Å². The Balaban J connectivity index is 2.10. The number of pyridine rings is 2. The zero-order valence-electron chi connectivity index (χ0n) is 11.7. The summed E-state index contributed by atoms with van der Waals surface area (Å²) in [5, 5.41) is 4.51. The number of nitrogens with zero attached hydrogens (tertiary/aromatic N) is 2. The quantitative estimate of drug-likeness (QED) is 0.788. The van der Waals surface area contributed by atoms with Crippen molar-refractivity contribution >= 4 is 10.9 Å². The number of benzene rings is 1. The van der Waals surface area contributed by atoms with Crippen molar-refractivity contribution in [3.63, 3.8) is 0 Å². The molecular formula is C17H17N3. The van der Waals surface area contributed by atoms with Gasteiger partial charge in [-0.2, -0.15) is 0 Å². The van der Waals surface area contributed by atoms with Gasteiger partial charge in [0, 0.05) is 17.8 Å². The van der Waals surface area contributed by atoms with Crippen molar-refractivity contribution in [3.8, 4) is 0 Å². The van der Waals surface area contributed by atoms with E-state index >= 15 is 0 Å². The van der Waals surface area contributed by atoms with E-state index in [1.165, 1.54) is 11.1 Å². The summed E-state index contributed by atoms with van der Waals surface area (Å²) in [6, 6.07) is 14.6. The summed E-state index contributed by atoms with van der Waals surface area (Å²) < 4.78 is 0. The van der Waals surface area contributed by atoms with Crippen LogP contribution in [0.2, 0.25) is 0 Å². The summed E-state index contributed by atoms with van der Waals surface area (Å²) in [6.07, 6.45) is 3.66. The van der Waals surface area contributed by atoms with E-state index in [1.54, 1.807) is 0 Å². The van der Waals surface area contributed by atoms with E-state index in [0.29, 0.717) is 0 Å². The van der Waals surface area contributed by atoms with Gasteiger partial charge in [-0.1, -0.05) is 18.2 Å². The van der Waals surface area contributed by atoms with Crippen molar-refractivity contribution in [1.29, 1.82) is 0 Å². The van der Waals surface area contributed by atoms with Gasteiger partial charge in [-0.3, -0.25) is 9.97 Å². The normalized spacial score (nSPS) is 12.5. The predicted octanol–water partition coefficient (Wildman–Crippen LogP) is 3.25. The summed E-state index contributed by atoms with van der Waals surface area (Å²) >= 11 is 0. The maximum Gasteiger partial charge on any atom is 0.0751 e. The molecule has 3 aromatic rings. The lowest BCUT2D eigenvalue weighted by molar-refractivity contribution is 0.667. The third-order valence-corrected chi connectivity index (χ3v) is 3.57. The standard InChI is InChI=1S/C17H17N3/c1-12-5-3-10-20-16(12)17(18-2)14-7-8-15-13(11-14)6-4-9-19-15/h3-11,17-18H,1-2H3. The molecule has 3 rings (SSSR count). The Labute approximate surface area is 118 Å². The van der Waals surface area contributed by atoms with Gasteiger partial charge in [-0.15, -0.1) is 0 Å². The van der Waals surface area contributed by atoms with Gasteiger partial charge in [0.25, 0.3) is 0 Å². The second-order valence-corrected chi connectivity index (χ2v) is 4.88. The molecule has 2 heterocycles. The molecule has 0 amide bonds. The second kappa shape index (κ2) is 5.39. The first kappa shape index (κ1) is 12.8. The molecule has 1 aromatic carbocycles. The fraction of sp³-hybridized carbons (Fsp3) is 0.176. The summed E-state index contributed by atoms with van der Waals surface area (Å²) in [6.45, 7) is 2.09. The molecule has 0 saturated carbocycles. The van der Waals surface area contributed by atoms with Crippen LogP contribution in [0.15, 0.2) is 54.9 Å². The first-order valence-corrected chi connectivity index (χ1v) is 6.73. The van der Waals surface area contributed by atoms with Crippen LogP contribution < -0.4 is 5.32 Å². The van der Waals surface area contributed by atoms with Crippen molar-refractivity contribution in [2.24, 2.45) is 0 Å². The summed E-state index contributed by atoms with van der Waals surface area (Å²) in [5.74, 6) is 0. The summed E-state index contributed by atoms with van der Waals surface area (Å²) in [5.41, 5.74) is 4.48. The third kappa shape index (κ3) is 2.28. The van der Waals surface area contributed by atoms with Gasteiger partial charge in [-0.05, 0) is 49.4 Å². The molecule has 0 saturated heterocycles. The molecular weight excluding hydrogens is 246 g/mol. The molecule has 0 spiro atoms. The maximum absolute atomic E-state index is 4.53. The Morgan fingerprint density at radius 1 is 1.00 bits per heavy atom. The monoisotopic (exact) mass is 263 g/mol. The van der Waals surface area contributed by atoms with Gasteiger partial charge >= 0.3 is 0 Å². The van der Waals surface area contributed by atoms with Crippen LogP contribution in [0.4, 0.5) is 0 Å². The first-order valence-electron chi connectivity index (χ1n) is 6.73. The average molecular weight is 263 g/mol. The highest BCUT2D eigenvalue weighted by Crippen LogP contribution is 2.25.